The molecule has 0 bridgehead atoms. The van der Waals surface area contributed by atoms with Gasteiger partial charge in [-0.2, -0.15) is 18.3 Å². The second-order valence-corrected chi connectivity index (χ2v) is 10.5. The van der Waals surface area contributed by atoms with Gasteiger partial charge in [0.2, 0.25) is 0 Å². The zero-order valence-electron chi connectivity index (χ0n) is 21.6. The van der Waals surface area contributed by atoms with E-state index in [1.165, 1.54) is 11.1 Å². The van der Waals surface area contributed by atoms with Gasteiger partial charge >= 0.3 is 12.1 Å². The smallest absolute Gasteiger partial charge is 0.490 e. The summed E-state index contributed by atoms with van der Waals surface area (Å²) in [6.45, 7) is 4.63. The standard InChI is InChI=1S/C25H30FN5O.C2HF3O2/c1-15-9-20-18(5-6-22-21(20)13-28-30-22)24(31(15)14-25(26)7-8-25)19-4-3-16(10-23(19)32-2)29-17-11-27-12-17;3-2(4,5)1(6)7/h3-6,10,13,15,17,24,27,29H,7-9,11-12,14H2,1-2H3,(H,28,30);(H,6,7)/t15-,24+;/m1./s1. The van der Waals surface area contributed by atoms with Crippen LogP contribution in [0.4, 0.5) is 23.2 Å². The first-order valence-corrected chi connectivity index (χ1v) is 12.8. The molecule has 2 atom stereocenters. The van der Waals surface area contributed by atoms with Crippen molar-refractivity contribution in [2.24, 2.45) is 0 Å². The minimum atomic E-state index is -5.08. The van der Waals surface area contributed by atoms with Crippen LogP contribution >= 0.6 is 0 Å². The van der Waals surface area contributed by atoms with E-state index in [9.17, 15) is 13.2 Å². The molecule has 6 rings (SSSR count). The molecule has 0 unspecified atom stereocenters. The van der Waals surface area contributed by atoms with Crippen molar-refractivity contribution in [1.82, 2.24) is 20.4 Å². The van der Waals surface area contributed by atoms with Crippen molar-refractivity contribution < 1.29 is 32.2 Å². The number of fused-ring (bicyclic) bond motifs is 3. The average Bonchev–Trinajstić information content (AvgIpc) is 3.38. The number of ether oxygens (including phenoxy) is 1. The number of carboxylic acids is 1. The van der Waals surface area contributed by atoms with Gasteiger partial charge in [-0.05, 0) is 49.4 Å². The molecule has 2 aliphatic heterocycles. The number of aliphatic carboxylic acids is 1. The van der Waals surface area contributed by atoms with E-state index in [0.29, 0.717) is 25.4 Å². The number of H-pyrrole nitrogens is 1. The SMILES string of the molecule is COc1cc(NC2CNC2)ccc1[C@@H]1c2ccc3[nH]ncc3c2C[C@@H](C)N1CC1(F)CC1.O=C(O)C(F)(F)F. The van der Waals surface area contributed by atoms with Crippen LogP contribution in [-0.4, -0.2) is 76.8 Å². The fourth-order valence-corrected chi connectivity index (χ4v) is 5.29. The lowest BCUT2D eigenvalue weighted by Crippen LogP contribution is -2.51. The molecular weight excluding hydrogens is 518 g/mol. The number of anilines is 1. The second kappa shape index (κ2) is 10.3. The molecule has 210 valence electrons. The molecule has 0 radical (unpaired) electrons. The number of carbonyl (C=O) groups is 1. The van der Waals surface area contributed by atoms with Crippen LogP contribution in [0.15, 0.2) is 36.5 Å². The highest BCUT2D eigenvalue weighted by molar-refractivity contribution is 5.84. The summed E-state index contributed by atoms with van der Waals surface area (Å²) in [5.74, 6) is -1.92. The quantitative estimate of drug-likeness (QED) is 0.338. The van der Waals surface area contributed by atoms with E-state index in [1.807, 2.05) is 6.20 Å². The predicted octanol–water partition coefficient (Wildman–Crippen LogP) is 4.43. The maximum Gasteiger partial charge on any atom is 0.490 e. The van der Waals surface area contributed by atoms with E-state index in [-0.39, 0.29) is 12.1 Å². The summed E-state index contributed by atoms with van der Waals surface area (Å²) in [6.07, 6.45) is -0.963. The fraction of sp³-hybridized carbons (Fsp3) is 0.481. The first-order valence-electron chi connectivity index (χ1n) is 12.8. The molecule has 3 heterocycles. The Bertz CT molecular complexity index is 1350. The highest BCUT2D eigenvalue weighted by atomic mass is 19.4. The van der Waals surface area contributed by atoms with E-state index in [0.717, 1.165) is 47.4 Å². The summed E-state index contributed by atoms with van der Waals surface area (Å²) >= 11 is 0. The number of halogens is 4. The number of nitrogens with zero attached hydrogens (tertiary/aromatic N) is 2. The molecule has 12 heteroatoms. The number of carboxylic acid groups (broad SMARTS) is 1. The van der Waals surface area contributed by atoms with Gasteiger partial charge in [0.05, 0.1) is 30.9 Å². The normalized spacial score (nSPS) is 22.3. The number of methoxy groups -OCH3 is 1. The molecule has 2 fully saturated rings. The molecule has 3 aromatic rings. The maximum atomic E-state index is 15.1. The van der Waals surface area contributed by atoms with Gasteiger partial charge in [-0.25, -0.2) is 9.18 Å². The van der Waals surface area contributed by atoms with Gasteiger partial charge in [0.1, 0.15) is 11.4 Å². The lowest BCUT2D eigenvalue weighted by molar-refractivity contribution is -0.192. The van der Waals surface area contributed by atoms with E-state index < -0.39 is 17.8 Å². The molecule has 1 aliphatic carbocycles. The number of benzene rings is 2. The van der Waals surface area contributed by atoms with E-state index in [2.05, 4.69) is 63.0 Å². The van der Waals surface area contributed by atoms with Crippen molar-refractivity contribution in [2.45, 2.75) is 56.2 Å². The molecule has 8 nitrogen and oxygen atoms in total. The summed E-state index contributed by atoms with van der Waals surface area (Å²) < 4.78 is 52.7. The lowest BCUT2D eigenvalue weighted by atomic mass is 9.83. The summed E-state index contributed by atoms with van der Waals surface area (Å²) in [5, 5.41) is 22.5. The lowest BCUT2D eigenvalue weighted by Gasteiger charge is -2.43. The average molecular weight is 550 g/mol. The highest BCUT2D eigenvalue weighted by Gasteiger charge is 2.48. The molecule has 1 saturated heterocycles. The van der Waals surface area contributed by atoms with Crippen molar-refractivity contribution >= 4 is 22.6 Å². The van der Waals surface area contributed by atoms with Crippen molar-refractivity contribution in [1.29, 1.82) is 0 Å². The monoisotopic (exact) mass is 549 g/mol. The Kier molecular flexibility index (Phi) is 7.19. The van der Waals surface area contributed by atoms with Crippen LogP contribution in [0.2, 0.25) is 0 Å². The summed E-state index contributed by atoms with van der Waals surface area (Å²) in [6, 6.07) is 11.3. The molecular formula is C27H31F4N5O3. The Labute approximate surface area is 222 Å². The van der Waals surface area contributed by atoms with Crippen LogP contribution in [0.1, 0.15) is 42.5 Å². The minimum absolute atomic E-state index is 0.0596. The van der Waals surface area contributed by atoms with Crippen LogP contribution in [0.25, 0.3) is 10.9 Å². The second-order valence-electron chi connectivity index (χ2n) is 10.5. The van der Waals surface area contributed by atoms with E-state index >= 15 is 4.39 Å². The van der Waals surface area contributed by atoms with E-state index in [1.54, 1.807) is 7.11 Å². The Morgan fingerprint density at radius 2 is 1.92 bits per heavy atom. The number of aromatic amines is 1. The van der Waals surface area contributed by atoms with Crippen molar-refractivity contribution in [2.75, 3.05) is 32.1 Å². The van der Waals surface area contributed by atoms with Crippen LogP contribution in [0.5, 0.6) is 5.75 Å². The van der Waals surface area contributed by atoms with Gasteiger partial charge in [-0.3, -0.25) is 10.00 Å². The number of nitrogens with one attached hydrogen (secondary N) is 3. The van der Waals surface area contributed by atoms with Gasteiger partial charge < -0.3 is 20.5 Å². The number of aromatic nitrogens is 2. The van der Waals surface area contributed by atoms with Crippen LogP contribution in [0, 0.1) is 0 Å². The van der Waals surface area contributed by atoms with Crippen molar-refractivity contribution in [3.8, 4) is 5.75 Å². The minimum Gasteiger partial charge on any atom is -0.496 e. The fourth-order valence-electron chi connectivity index (χ4n) is 5.29. The molecule has 3 aliphatic rings. The van der Waals surface area contributed by atoms with Crippen molar-refractivity contribution in [3.05, 3.63) is 53.2 Å². The number of hydrogen-bond acceptors (Lipinski definition) is 6. The Hall–Kier alpha value is -3.38. The van der Waals surface area contributed by atoms with Crippen molar-refractivity contribution in [3.63, 3.8) is 0 Å². The third-order valence-electron chi connectivity index (χ3n) is 7.65. The third-order valence-corrected chi connectivity index (χ3v) is 7.65. The Morgan fingerprint density at radius 3 is 2.51 bits per heavy atom. The maximum absolute atomic E-state index is 15.1. The molecule has 0 amide bonds. The molecule has 2 aromatic carbocycles. The van der Waals surface area contributed by atoms with Gasteiger partial charge in [0.25, 0.3) is 0 Å². The number of alkyl halides is 4. The van der Waals surface area contributed by atoms with Crippen LogP contribution in [-0.2, 0) is 11.2 Å². The molecule has 1 saturated carbocycles. The first kappa shape index (κ1) is 27.2. The number of rotatable bonds is 6. The largest absolute Gasteiger partial charge is 0.496 e. The molecule has 0 spiro atoms. The van der Waals surface area contributed by atoms with Crippen LogP contribution < -0.4 is 15.4 Å². The summed E-state index contributed by atoms with van der Waals surface area (Å²) in [4.78, 5) is 11.2. The topological polar surface area (TPSA) is 103 Å². The number of hydrogen-bond donors (Lipinski definition) is 4. The predicted molar refractivity (Wildman–Crippen MR) is 138 cm³/mol. The zero-order valence-corrected chi connectivity index (χ0v) is 21.6. The van der Waals surface area contributed by atoms with Gasteiger partial charge in [0, 0.05) is 48.4 Å². The van der Waals surface area contributed by atoms with Gasteiger partial charge in [-0.15, -0.1) is 0 Å². The van der Waals surface area contributed by atoms with Gasteiger partial charge in [-0.1, -0.05) is 12.1 Å². The molecule has 39 heavy (non-hydrogen) atoms. The summed E-state index contributed by atoms with van der Waals surface area (Å²) in [7, 11) is 1.72. The molecule has 4 N–H and O–H groups in total. The van der Waals surface area contributed by atoms with Crippen LogP contribution in [0.3, 0.4) is 0 Å². The van der Waals surface area contributed by atoms with E-state index in [4.69, 9.17) is 14.6 Å². The highest BCUT2D eigenvalue weighted by Crippen LogP contribution is 2.48. The Morgan fingerprint density at radius 1 is 1.23 bits per heavy atom. The van der Waals surface area contributed by atoms with Gasteiger partial charge in [0.15, 0.2) is 0 Å². The summed E-state index contributed by atoms with van der Waals surface area (Å²) in [5.41, 5.74) is 4.66. The molecule has 1 aromatic heterocycles. The third kappa shape index (κ3) is 5.67. The Balaban J connectivity index is 0.000000392. The zero-order chi connectivity index (χ0) is 27.9. The first-order chi connectivity index (χ1) is 18.5.